The Morgan fingerprint density at radius 3 is 2.66 bits per heavy atom. The molecule has 0 bridgehead atoms. The highest BCUT2D eigenvalue weighted by Gasteiger charge is 2.25. The molecule has 5 rings (SSSR count). The number of benzene rings is 2. The third kappa shape index (κ3) is 4.76. The third-order valence-electron chi connectivity index (χ3n) is 6.92. The van der Waals surface area contributed by atoms with Gasteiger partial charge in [0.1, 0.15) is 5.75 Å². The molecule has 1 fully saturated rings. The van der Waals surface area contributed by atoms with Crippen LogP contribution in [0, 0.1) is 6.92 Å². The Kier molecular flexibility index (Phi) is 6.49. The molecule has 7 nitrogen and oxygen atoms in total. The molecular weight excluding hydrogens is 440 g/mol. The van der Waals surface area contributed by atoms with Crippen LogP contribution >= 0.6 is 0 Å². The predicted octanol–water partition coefficient (Wildman–Crippen LogP) is 4.91. The van der Waals surface area contributed by atoms with Crippen molar-refractivity contribution in [3.63, 3.8) is 0 Å². The number of aryl methyl sites for hydroxylation is 2. The first-order valence-electron chi connectivity index (χ1n) is 12.2. The summed E-state index contributed by atoms with van der Waals surface area (Å²) in [5, 5.41) is 3.22. The Balaban J connectivity index is 1.20. The summed E-state index contributed by atoms with van der Waals surface area (Å²) in [6.07, 6.45) is 6.06. The maximum atomic E-state index is 13.0. The van der Waals surface area contributed by atoms with Crippen LogP contribution in [0.3, 0.4) is 0 Å². The molecule has 0 spiro atoms. The number of ether oxygens (including phenoxy) is 1. The first-order chi connectivity index (χ1) is 17.0. The Morgan fingerprint density at radius 2 is 1.91 bits per heavy atom. The number of methoxy groups -OCH3 is 1. The molecule has 0 saturated carbocycles. The topological polar surface area (TPSA) is 70.8 Å². The van der Waals surface area contributed by atoms with E-state index in [0.717, 1.165) is 42.9 Å². The highest BCUT2D eigenvalue weighted by molar-refractivity contribution is 5.81. The van der Waals surface area contributed by atoms with Crippen LogP contribution in [0.5, 0.6) is 5.75 Å². The zero-order chi connectivity index (χ0) is 24.4. The number of fused-ring (bicyclic) bond motifs is 1. The molecule has 2 aliphatic rings. The second kappa shape index (κ2) is 9.86. The first-order valence-corrected chi connectivity index (χ1v) is 12.2. The number of hydrogen-bond acceptors (Lipinski definition) is 5. The van der Waals surface area contributed by atoms with Gasteiger partial charge in [0.05, 0.1) is 24.9 Å². The van der Waals surface area contributed by atoms with Gasteiger partial charge >= 0.3 is 6.03 Å². The molecule has 1 aliphatic heterocycles. The van der Waals surface area contributed by atoms with Crippen molar-refractivity contribution < 1.29 is 13.9 Å². The second-order valence-electron chi connectivity index (χ2n) is 9.13. The van der Waals surface area contributed by atoms with Gasteiger partial charge in [0, 0.05) is 44.9 Å². The van der Waals surface area contributed by atoms with E-state index in [1.807, 2.05) is 24.0 Å². The van der Waals surface area contributed by atoms with Gasteiger partial charge in [-0.2, -0.15) is 0 Å². The lowest BCUT2D eigenvalue weighted by atomic mass is 9.87. The lowest BCUT2D eigenvalue weighted by Gasteiger charge is -2.37. The van der Waals surface area contributed by atoms with Gasteiger partial charge in [-0.1, -0.05) is 30.3 Å². The van der Waals surface area contributed by atoms with E-state index in [1.54, 1.807) is 13.3 Å². The maximum absolute atomic E-state index is 13.0. The Morgan fingerprint density at radius 1 is 1.11 bits per heavy atom. The average Bonchev–Trinajstić information content (AvgIpc) is 3.33. The number of piperazine rings is 1. The number of carbonyl (C=O) groups is 1. The van der Waals surface area contributed by atoms with E-state index in [9.17, 15) is 4.79 Å². The highest BCUT2D eigenvalue weighted by atomic mass is 16.5. The van der Waals surface area contributed by atoms with Crippen molar-refractivity contribution in [2.24, 2.45) is 0 Å². The van der Waals surface area contributed by atoms with E-state index < -0.39 is 0 Å². The van der Waals surface area contributed by atoms with Crippen LogP contribution in [-0.2, 0) is 6.42 Å². The van der Waals surface area contributed by atoms with Crippen LogP contribution in [0.2, 0.25) is 0 Å². The standard InChI is InChI=1S/C28H32N4O3/c1-19(23-10-6-8-21-7-4-5-9-24(21)23)30-28(33)32-15-13-31(14-16-32)22-11-12-25(26(17-22)34-3)27-18-29-20(2)35-27/h4-5,7,9-12,17-19H,6,8,13-16H2,1-3H3,(H,30,33). The summed E-state index contributed by atoms with van der Waals surface area (Å²) in [5.74, 6) is 2.06. The fourth-order valence-corrected chi connectivity index (χ4v) is 5.01. The molecule has 1 unspecified atom stereocenters. The molecule has 1 N–H and O–H groups in total. The van der Waals surface area contributed by atoms with Crippen LogP contribution in [0.4, 0.5) is 10.5 Å². The monoisotopic (exact) mass is 472 g/mol. The van der Waals surface area contributed by atoms with Crippen molar-refractivity contribution in [1.29, 1.82) is 0 Å². The Bertz CT molecular complexity index is 1240. The van der Waals surface area contributed by atoms with Crippen molar-refractivity contribution >= 4 is 17.3 Å². The van der Waals surface area contributed by atoms with Gasteiger partial charge in [0.2, 0.25) is 0 Å². The van der Waals surface area contributed by atoms with E-state index in [4.69, 9.17) is 9.15 Å². The molecule has 1 aromatic heterocycles. The molecule has 1 aliphatic carbocycles. The van der Waals surface area contributed by atoms with Crippen LogP contribution in [0.15, 0.2) is 59.2 Å². The first kappa shape index (κ1) is 23.0. The van der Waals surface area contributed by atoms with Gasteiger partial charge < -0.3 is 24.3 Å². The number of nitrogens with zero attached hydrogens (tertiary/aromatic N) is 3. The normalized spacial score (nSPS) is 16.4. The fourth-order valence-electron chi connectivity index (χ4n) is 5.01. The zero-order valence-corrected chi connectivity index (χ0v) is 20.6. The summed E-state index contributed by atoms with van der Waals surface area (Å²) in [7, 11) is 1.66. The van der Waals surface area contributed by atoms with E-state index >= 15 is 0 Å². The number of anilines is 1. The van der Waals surface area contributed by atoms with Crippen molar-refractivity contribution in [3.05, 3.63) is 71.8 Å². The number of rotatable bonds is 5. The molecule has 35 heavy (non-hydrogen) atoms. The number of oxazole rings is 1. The molecule has 2 heterocycles. The number of allylic oxidation sites excluding steroid dienone is 1. The molecule has 7 heteroatoms. The number of hydrogen-bond donors (Lipinski definition) is 1. The molecule has 182 valence electrons. The lowest BCUT2D eigenvalue weighted by Crippen LogP contribution is -2.53. The number of aromatic nitrogens is 1. The maximum Gasteiger partial charge on any atom is 0.317 e. The highest BCUT2D eigenvalue weighted by Crippen LogP contribution is 2.34. The van der Waals surface area contributed by atoms with Crippen LogP contribution in [0.25, 0.3) is 16.9 Å². The minimum atomic E-state index is -0.0292. The second-order valence-corrected chi connectivity index (χ2v) is 9.13. The smallest absolute Gasteiger partial charge is 0.317 e. The number of urea groups is 1. The number of nitrogens with one attached hydrogen (secondary N) is 1. The van der Waals surface area contributed by atoms with Gasteiger partial charge in [-0.3, -0.25) is 0 Å². The molecular formula is C28H32N4O3. The quantitative estimate of drug-likeness (QED) is 0.571. The summed E-state index contributed by atoms with van der Waals surface area (Å²) in [6, 6.07) is 14.6. The van der Waals surface area contributed by atoms with Gasteiger partial charge in [0.25, 0.3) is 0 Å². The van der Waals surface area contributed by atoms with E-state index in [2.05, 4.69) is 58.5 Å². The molecule has 2 aromatic carbocycles. The minimum Gasteiger partial charge on any atom is -0.496 e. The van der Waals surface area contributed by atoms with Crippen molar-refractivity contribution in [2.45, 2.75) is 32.7 Å². The van der Waals surface area contributed by atoms with E-state index in [1.165, 1.54) is 16.7 Å². The molecule has 3 aromatic rings. The molecule has 1 atom stereocenters. The zero-order valence-electron chi connectivity index (χ0n) is 20.6. The summed E-state index contributed by atoms with van der Waals surface area (Å²) in [6.45, 7) is 6.76. The number of amides is 2. The van der Waals surface area contributed by atoms with Crippen molar-refractivity contribution in [3.8, 4) is 17.1 Å². The van der Waals surface area contributed by atoms with Crippen molar-refractivity contribution in [2.75, 3.05) is 38.2 Å². The van der Waals surface area contributed by atoms with Gasteiger partial charge in [0.15, 0.2) is 11.7 Å². The molecule has 2 amide bonds. The molecule has 1 saturated heterocycles. The van der Waals surface area contributed by atoms with E-state index in [-0.39, 0.29) is 12.1 Å². The largest absolute Gasteiger partial charge is 0.496 e. The Hall–Kier alpha value is -3.74. The summed E-state index contributed by atoms with van der Waals surface area (Å²) >= 11 is 0. The Labute approximate surface area is 206 Å². The van der Waals surface area contributed by atoms with Crippen LogP contribution < -0.4 is 15.0 Å². The summed E-state index contributed by atoms with van der Waals surface area (Å²) in [4.78, 5) is 21.4. The fraction of sp³-hybridized carbons (Fsp3) is 0.357. The summed E-state index contributed by atoms with van der Waals surface area (Å²) < 4.78 is 11.3. The van der Waals surface area contributed by atoms with Crippen molar-refractivity contribution in [1.82, 2.24) is 15.2 Å². The van der Waals surface area contributed by atoms with Gasteiger partial charge in [-0.05, 0) is 48.6 Å². The predicted molar refractivity (Wildman–Crippen MR) is 138 cm³/mol. The SMILES string of the molecule is COc1cc(N2CCN(C(=O)NC(C)C3=CCCc4ccccc43)CC2)ccc1-c1cnc(C)o1. The summed E-state index contributed by atoms with van der Waals surface area (Å²) in [5.41, 5.74) is 5.78. The van der Waals surface area contributed by atoms with Gasteiger partial charge in [-0.15, -0.1) is 0 Å². The van der Waals surface area contributed by atoms with Crippen LogP contribution in [-0.4, -0.2) is 55.2 Å². The van der Waals surface area contributed by atoms with Gasteiger partial charge in [-0.25, -0.2) is 9.78 Å². The minimum absolute atomic E-state index is 0.00489. The number of carbonyl (C=O) groups excluding carboxylic acids is 1. The van der Waals surface area contributed by atoms with Crippen LogP contribution in [0.1, 0.15) is 30.4 Å². The van der Waals surface area contributed by atoms with E-state index in [0.29, 0.717) is 24.7 Å². The molecule has 0 radical (unpaired) electrons. The third-order valence-corrected chi connectivity index (χ3v) is 6.92. The lowest BCUT2D eigenvalue weighted by molar-refractivity contribution is 0.193. The average molecular weight is 473 g/mol.